The van der Waals surface area contributed by atoms with E-state index in [0.717, 1.165) is 19.1 Å². The molecule has 0 aliphatic carbocycles. The van der Waals surface area contributed by atoms with Gasteiger partial charge in [-0.2, -0.15) is 0 Å². The summed E-state index contributed by atoms with van der Waals surface area (Å²) in [5.41, 5.74) is -0.233. The largest absolute Gasteiger partial charge is 0.500 e. The monoisotopic (exact) mass is 234 g/mol. The van der Waals surface area contributed by atoms with Gasteiger partial charge in [-0.3, -0.25) is 0 Å². The van der Waals surface area contributed by atoms with Crippen LogP contribution in [0.15, 0.2) is 0 Å². The first kappa shape index (κ1) is 13.1. The Balaban J connectivity index is 2.49. The van der Waals surface area contributed by atoms with Gasteiger partial charge in [0.25, 0.3) is 0 Å². The van der Waals surface area contributed by atoms with Crippen LogP contribution >= 0.6 is 0 Å². The smallest absolute Gasteiger partial charge is 0.377 e. The lowest BCUT2D eigenvalue weighted by atomic mass is 10.2. The summed E-state index contributed by atoms with van der Waals surface area (Å²) in [5.74, 6) is 0. The van der Waals surface area contributed by atoms with Gasteiger partial charge in [0.05, 0.1) is 18.3 Å². The maximum absolute atomic E-state index is 5.94. The number of rotatable bonds is 6. The van der Waals surface area contributed by atoms with E-state index in [9.17, 15) is 0 Å². The molecule has 0 saturated carbocycles. The van der Waals surface area contributed by atoms with Crippen molar-refractivity contribution in [3.05, 3.63) is 0 Å². The number of epoxide rings is 1. The van der Waals surface area contributed by atoms with Crippen molar-refractivity contribution in [3.63, 3.8) is 0 Å². The van der Waals surface area contributed by atoms with Crippen LogP contribution in [-0.2, 0) is 18.0 Å². The van der Waals surface area contributed by atoms with Gasteiger partial charge < -0.3 is 18.0 Å². The SMILES string of the molecule is CO[Si](CCC1CO1)(OC)OC(C)(C)C. The van der Waals surface area contributed by atoms with Gasteiger partial charge in [0, 0.05) is 20.3 Å². The third-order valence-electron chi connectivity index (χ3n) is 2.26. The molecule has 90 valence electrons. The third kappa shape index (κ3) is 4.61. The molecule has 0 spiro atoms. The maximum Gasteiger partial charge on any atom is 0.500 e. The van der Waals surface area contributed by atoms with Crippen molar-refractivity contribution in [3.8, 4) is 0 Å². The number of hydrogen-bond donors (Lipinski definition) is 0. The molecule has 0 amide bonds. The van der Waals surface area contributed by atoms with Gasteiger partial charge in [-0.25, -0.2) is 0 Å². The zero-order valence-electron chi connectivity index (χ0n) is 10.3. The van der Waals surface area contributed by atoms with E-state index in [2.05, 4.69) is 0 Å². The Morgan fingerprint density at radius 1 is 1.27 bits per heavy atom. The first-order chi connectivity index (χ1) is 6.91. The maximum atomic E-state index is 5.94. The van der Waals surface area contributed by atoms with Crippen LogP contribution in [0.4, 0.5) is 0 Å². The molecule has 1 heterocycles. The van der Waals surface area contributed by atoms with Crippen LogP contribution in [0.25, 0.3) is 0 Å². The quantitative estimate of drug-likeness (QED) is 0.519. The van der Waals surface area contributed by atoms with Crippen LogP contribution in [0, 0.1) is 0 Å². The molecule has 1 fully saturated rings. The Labute approximate surface area is 93.2 Å². The molecule has 1 rings (SSSR count). The van der Waals surface area contributed by atoms with E-state index in [4.69, 9.17) is 18.0 Å². The molecule has 0 radical (unpaired) electrons. The second-order valence-electron chi connectivity index (χ2n) is 4.80. The van der Waals surface area contributed by atoms with Crippen molar-refractivity contribution < 1.29 is 18.0 Å². The lowest BCUT2D eigenvalue weighted by molar-refractivity contribution is 0.0159. The molecule has 1 saturated heterocycles. The lowest BCUT2D eigenvalue weighted by Gasteiger charge is -2.33. The predicted molar refractivity (Wildman–Crippen MR) is 59.8 cm³/mol. The lowest BCUT2D eigenvalue weighted by Crippen LogP contribution is -2.49. The molecule has 0 N–H and O–H groups in total. The summed E-state index contributed by atoms with van der Waals surface area (Å²) < 4.78 is 22.1. The van der Waals surface area contributed by atoms with E-state index in [1.54, 1.807) is 14.2 Å². The Hall–Kier alpha value is 0.0569. The average molecular weight is 234 g/mol. The molecule has 1 unspecified atom stereocenters. The minimum absolute atomic E-state index is 0.233. The summed E-state index contributed by atoms with van der Waals surface area (Å²) in [5, 5.41) is 0. The van der Waals surface area contributed by atoms with Crippen molar-refractivity contribution in [1.82, 2.24) is 0 Å². The Kier molecular flexibility index (Phi) is 4.31. The number of ether oxygens (including phenoxy) is 1. The molecule has 1 aliphatic rings. The first-order valence-electron chi connectivity index (χ1n) is 5.33. The highest BCUT2D eigenvalue weighted by atomic mass is 28.4. The van der Waals surface area contributed by atoms with Crippen LogP contribution in [-0.4, -0.2) is 41.3 Å². The fraction of sp³-hybridized carbons (Fsp3) is 1.00. The van der Waals surface area contributed by atoms with E-state index in [1.165, 1.54) is 0 Å². The van der Waals surface area contributed by atoms with E-state index < -0.39 is 8.80 Å². The molecule has 0 aromatic heterocycles. The summed E-state index contributed by atoms with van der Waals surface area (Å²) in [4.78, 5) is 0. The van der Waals surface area contributed by atoms with Gasteiger partial charge in [0.2, 0.25) is 0 Å². The molecule has 5 heteroatoms. The summed E-state index contributed by atoms with van der Waals surface area (Å²) in [6.07, 6.45) is 1.36. The second-order valence-corrected chi connectivity index (χ2v) is 7.69. The first-order valence-corrected chi connectivity index (χ1v) is 7.26. The van der Waals surface area contributed by atoms with Crippen LogP contribution < -0.4 is 0 Å². The van der Waals surface area contributed by atoms with Gasteiger partial charge in [-0.15, -0.1) is 0 Å². The Bertz CT molecular complexity index is 194. The molecule has 4 nitrogen and oxygen atoms in total. The molecule has 1 aliphatic heterocycles. The van der Waals surface area contributed by atoms with Gasteiger partial charge >= 0.3 is 8.80 Å². The van der Waals surface area contributed by atoms with E-state index >= 15 is 0 Å². The summed E-state index contributed by atoms with van der Waals surface area (Å²) in [6, 6.07) is 0.821. The topological polar surface area (TPSA) is 40.2 Å². The molecular weight excluding hydrogens is 212 g/mol. The Morgan fingerprint density at radius 2 is 1.80 bits per heavy atom. The average Bonchev–Trinajstić information content (AvgIpc) is 2.94. The van der Waals surface area contributed by atoms with Crippen LogP contribution in [0.3, 0.4) is 0 Å². The zero-order valence-corrected chi connectivity index (χ0v) is 11.3. The van der Waals surface area contributed by atoms with E-state index in [1.807, 2.05) is 20.8 Å². The van der Waals surface area contributed by atoms with Crippen molar-refractivity contribution in [2.45, 2.75) is 44.9 Å². The fourth-order valence-electron chi connectivity index (χ4n) is 1.46. The predicted octanol–water partition coefficient (Wildman–Crippen LogP) is 1.82. The van der Waals surface area contributed by atoms with Crippen molar-refractivity contribution in [2.75, 3.05) is 20.8 Å². The third-order valence-corrected chi connectivity index (χ3v) is 5.33. The minimum Gasteiger partial charge on any atom is -0.377 e. The zero-order chi connectivity index (χ0) is 11.5. The molecule has 0 aromatic rings. The van der Waals surface area contributed by atoms with Crippen molar-refractivity contribution in [1.29, 1.82) is 0 Å². The molecule has 1 atom stereocenters. The molecule has 0 aromatic carbocycles. The molecular formula is C10H22O4Si. The fourth-order valence-corrected chi connectivity index (χ4v) is 3.91. The van der Waals surface area contributed by atoms with Crippen molar-refractivity contribution >= 4 is 8.80 Å². The van der Waals surface area contributed by atoms with Crippen molar-refractivity contribution in [2.24, 2.45) is 0 Å². The highest BCUT2D eigenvalue weighted by Crippen LogP contribution is 2.27. The summed E-state index contributed by atoms with van der Waals surface area (Å²) in [6.45, 7) is 6.91. The standard InChI is InChI=1S/C10H22O4Si/c1-10(2,3)14-15(11-4,12-5)7-6-9-8-13-9/h9H,6-8H2,1-5H3. The van der Waals surface area contributed by atoms with E-state index in [0.29, 0.717) is 6.10 Å². The van der Waals surface area contributed by atoms with Gasteiger partial charge in [-0.1, -0.05) is 0 Å². The highest BCUT2D eigenvalue weighted by molar-refractivity contribution is 6.60. The van der Waals surface area contributed by atoms with E-state index in [-0.39, 0.29) is 5.60 Å². The van der Waals surface area contributed by atoms with Gasteiger partial charge in [0.1, 0.15) is 0 Å². The minimum atomic E-state index is -2.48. The van der Waals surface area contributed by atoms with Crippen LogP contribution in [0.5, 0.6) is 0 Å². The van der Waals surface area contributed by atoms with Gasteiger partial charge in [0.15, 0.2) is 0 Å². The van der Waals surface area contributed by atoms with Gasteiger partial charge in [-0.05, 0) is 27.2 Å². The number of hydrogen-bond acceptors (Lipinski definition) is 4. The van der Waals surface area contributed by atoms with Crippen LogP contribution in [0.2, 0.25) is 6.04 Å². The Morgan fingerprint density at radius 3 is 2.13 bits per heavy atom. The highest BCUT2D eigenvalue weighted by Gasteiger charge is 2.44. The summed E-state index contributed by atoms with van der Waals surface area (Å²) in [7, 11) is 0.842. The summed E-state index contributed by atoms with van der Waals surface area (Å²) >= 11 is 0. The molecule has 0 bridgehead atoms. The normalized spacial score (nSPS) is 21.8. The molecule has 15 heavy (non-hydrogen) atoms. The van der Waals surface area contributed by atoms with Crippen LogP contribution in [0.1, 0.15) is 27.2 Å². The second kappa shape index (κ2) is 4.93.